The van der Waals surface area contributed by atoms with Crippen LogP contribution in [0.1, 0.15) is 33.2 Å². The molecule has 0 radical (unpaired) electrons. The first kappa shape index (κ1) is 18.1. The molecule has 1 fully saturated rings. The molecule has 0 spiro atoms. The third kappa shape index (κ3) is 3.12. The van der Waals surface area contributed by atoms with Gasteiger partial charge in [-0.05, 0) is 27.7 Å². The second-order valence-electron chi connectivity index (χ2n) is 7.00. The van der Waals surface area contributed by atoms with Crippen LogP contribution in [0.3, 0.4) is 0 Å². The normalized spacial score (nSPS) is 14.6. The number of carbonyl (C=O) groups excluding carboxylic acids is 1. The van der Waals surface area contributed by atoms with E-state index in [0.29, 0.717) is 43.2 Å². The van der Waals surface area contributed by atoms with Crippen molar-refractivity contribution in [3.8, 4) is 5.82 Å². The van der Waals surface area contributed by atoms with Crippen molar-refractivity contribution in [2.24, 2.45) is 0 Å². The molecule has 1 saturated heterocycles. The fourth-order valence-electron chi connectivity index (χ4n) is 3.46. The highest BCUT2D eigenvalue weighted by Crippen LogP contribution is 2.20. The van der Waals surface area contributed by atoms with E-state index in [9.17, 15) is 4.79 Å². The first-order chi connectivity index (χ1) is 13.5. The molecule has 0 aromatic carbocycles. The Labute approximate surface area is 163 Å². The number of piperazine rings is 1. The Hall–Kier alpha value is -3.23. The standard InChI is InChI=1S/C19H23N7O2/c1-12-14(3)26(11-22-12)17-9-16(20-10-21-17)24-5-7-25(8-6-24)19(27)18-13(2)23-28-15(18)4/h9-11H,5-8H2,1-4H3. The summed E-state index contributed by atoms with van der Waals surface area (Å²) in [4.78, 5) is 29.9. The lowest BCUT2D eigenvalue weighted by atomic mass is 10.1. The summed E-state index contributed by atoms with van der Waals surface area (Å²) in [6.07, 6.45) is 3.35. The molecule has 9 nitrogen and oxygen atoms in total. The van der Waals surface area contributed by atoms with Crippen LogP contribution in [0.15, 0.2) is 23.2 Å². The third-order valence-electron chi connectivity index (χ3n) is 5.27. The van der Waals surface area contributed by atoms with Gasteiger partial charge in [-0.1, -0.05) is 5.16 Å². The lowest BCUT2D eigenvalue weighted by Gasteiger charge is -2.35. The number of imidazole rings is 1. The minimum absolute atomic E-state index is 0.0243. The van der Waals surface area contributed by atoms with Crippen molar-refractivity contribution in [2.75, 3.05) is 31.1 Å². The molecule has 9 heteroatoms. The third-order valence-corrected chi connectivity index (χ3v) is 5.27. The van der Waals surface area contributed by atoms with E-state index in [-0.39, 0.29) is 5.91 Å². The molecular weight excluding hydrogens is 358 g/mol. The van der Waals surface area contributed by atoms with Gasteiger partial charge in [-0.25, -0.2) is 15.0 Å². The van der Waals surface area contributed by atoms with E-state index in [2.05, 4.69) is 25.0 Å². The van der Waals surface area contributed by atoms with Crippen molar-refractivity contribution in [3.63, 3.8) is 0 Å². The van der Waals surface area contributed by atoms with Crippen LogP contribution in [0, 0.1) is 27.7 Å². The summed E-state index contributed by atoms with van der Waals surface area (Å²) in [5.41, 5.74) is 3.24. The van der Waals surface area contributed by atoms with E-state index in [1.165, 1.54) is 0 Å². The average molecular weight is 381 g/mol. The summed E-state index contributed by atoms with van der Waals surface area (Å²) < 4.78 is 7.09. The number of aryl methyl sites for hydroxylation is 3. The molecule has 3 aromatic heterocycles. The largest absolute Gasteiger partial charge is 0.361 e. The predicted octanol–water partition coefficient (Wildman–Crippen LogP) is 1.85. The highest BCUT2D eigenvalue weighted by Gasteiger charge is 2.27. The maximum absolute atomic E-state index is 12.8. The molecule has 0 unspecified atom stereocenters. The molecular formula is C19H23N7O2. The van der Waals surface area contributed by atoms with E-state index in [1.807, 2.05) is 29.4 Å². The van der Waals surface area contributed by atoms with Crippen LogP contribution in [-0.4, -0.2) is 61.7 Å². The maximum Gasteiger partial charge on any atom is 0.259 e. The Morgan fingerprint density at radius 1 is 0.964 bits per heavy atom. The lowest BCUT2D eigenvalue weighted by molar-refractivity contribution is 0.0744. The first-order valence-electron chi connectivity index (χ1n) is 9.25. The summed E-state index contributed by atoms with van der Waals surface area (Å²) >= 11 is 0. The Kier molecular flexibility index (Phi) is 4.58. The molecule has 1 aliphatic heterocycles. The smallest absolute Gasteiger partial charge is 0.259 e. The molecule has 0 bridgehead atoms. The Bertz CT molecular complexity index is 996. The van der Waals surface area contributed by atoms with E-state index >= 15 is 0 Å². The van der Waals surface area contributed by atoms with Crippen molar-refractivity contribution < 1.29 is 9.32 Å². The van der Waals surface area contributed by atoms with E-state index < -0.39 is 0 Å². The number of hydrogen-bond acceptors (Lipinski definition) is 7. The van der Waals surface area contributed by atoms with Gasteiger partial charge in [0.25, 0.3) is 5.91 Å². The topological polar surface area (TPSA) is 93.2 Å². The molecule has 1 aliphatic rings. The molecule has 4 heterocycles. The van der Waals surface area contributed by atoms with Crippen molar-refractivity contribution in [3.05, 3.63) is 47.1 Å². The van der Waals surface area contributed by atoms with Crippen LogP contribution in [0.4, 0.5) is 5.82 Å². The summed E-state index contributed by atoms with van der Waals surface area (Å²) in [5.74, 6) is 2.18. The summed E-state index contributed by atoms with van der Waals surface area (Å²) in [6, 6.07) is 1.96. The minimum Gasteiger partial charge on any atom is -0.361 e. The molecule has 0 N–H and O–H groups in total. The van der Waals surface area contributed by atoms with Gasteiger partial charge in [0.2, 0.25) is 0 Å². The molecule has 4 rings (SSSR count). The lowest BCUT2D eigenvalue weighted by Crippen LogP contribution is -2.49. The number of rotatable bonds is 3. The number of aromatic nitrogens is 5. The summed E-state index contributed by atoms with van der Waals surface area (Å²) in [6.45, 7) is 10.2. The van der Waals surface area contributed by atoms with E-state index in [0.717, 1.165) is 23.0 Å². The van der Waals surface area contributed by atoms with Crippen LogP contribution in [0.2, 0.25) is 0 Å². The van der Waals surface area contributed by atoms with E-state index in [1.54, 1.807) is 26.5 Å². The zero-order chi connectivity index (χ0) is 19.8. The Morgan fingerprint density at radius 3 is 2.29 bits per heavy atom. The SMILES string of the molecule is Cc1noc(C)c1C(=O)N1CCN(c2cc(-n3cnc(C)c3C)ncn2)CC1. The van der Waals surface area contributed by atoms with Gasteiger partial charge in [0, 0.05) is 37.9 Å². The van der Waals surface area contributed by atoms with Crippen molar-refractivity contribution in [1.29, 1.82) is 0 Å². The zero-order valence-electron chi connectivity index (χ0n) is 16.5. The van der Waals surface area contributed by atoms with Crippen molar-refractivity contribution in [1.82, 2.24) is 29.6 Å². The predicted molar refractivity (Wildman–Crippen MR) is 103 cm³/mol. The molecule has 0 saturated carbocycles. The highest BCUT2D eigenvalue weighted by atomic mass is 16.5. The second kappa shape index (κ2) is 7.06. The zero-order valence-corrected chi connectivity index (χ0v) is 16.5. The van der Waals surface area contributed by atoms with Gasteiger partial charge >= 0.3 is 0 Å². The Morgan fingerprint density at radius 2 is 1.68 bits per heavy atom. The quantitative estimate of drug-likeness (QED) is 0.683. The number of hydrogen-bond donors (Lipinski definition) is 0. The van der Waals surface area contributed by atoms with Crippen molar-refractivity contribution >= 4 is 11.7 Å². The minimum atomic E-state index is -0.0243. The van der Waals surface area contributed by atoms with E-state index in [4.69, 9.17) is 4.52 Å². The van der Waals surface area contributed by atoms with Gasteiger partial charge in [0.1, 0.15) is 35.6 Å². The second-order valence-corrected chi connectivity index (χ2v) is 7.00. The van der Waals surface area contributed by atoms with Gasteiger partial charge < -0.3 is 14.3 Å². The summed E-state index contributed by atoms with van der Waals surface area (Å²) in [5, 5.41) is 3.88. The van der Waals surface area contributed by atoms with Crippen LogP contribution in [0.5, 0.6) is 0 Å². The molecule has 1 amide bonds. The molecule has 0 atom stereocenters. The van der Waals surface area contributed by atoms with Gasteiger partial charge in [-0.15, -0.1) is 0 Å². The maximum atomic E-state index is 12.8. The van der Waals surface area contributed by atoms with Crippen LogP contribution in [-0.2, 0) is 0 Å². The van der Waals surface area contributed by atoms with Crippen LogP contribution in [0.25, 0.3) is 5.82 Å². The average Bonchev–Trinajstić information content (AvgIpc) is 3.23. The molecule has 28 heavy (non-hydrogen) atoms. The first-order valence-corrected chi connectivity index (χ1v) is 9.25. The molecule has 0 aliphatic carbocycles. The monoisotopic (exact) mass is 381 g/mol. The number of anilines is 1. The molecule has 3 aromatic rings. The Balaban J connectivity index is 1.48. The van der Waals surface area contributed by atoms with Gasteiger partial charge in [0.05, 0.1) is 11.4 Å². The van der Waals surface area contributed by atoms with Crippen molar-refractivity contribution in [2.45, 2.75) is 27.7 Å². The number of nitrogens with zero attached hydrogens (tertiary/aromatic N) is 7. The van der Waals surface area contributed by atoms with Gasteiger partial charge in [0.15, 0.2) is 0 Å². The van der Waals surface area contributed by atoms with Gasteiger partial charge in [-0.3, -0.25) is 9.36 Å². The van der Waals surface area contributed by atoms with Gasteiger partial charge in [-0.2, -0.15) is 0 Å². The fraction of sp³-hybridized carbons (Fsp3) is 0.421. The van der Waals surface area contributed by atoms with Crippen LogP contribution >= 0.6 is 0 Å². The summed E-state index contributed by atoms with van der Waals surface area (Å²) in [7, 11) is 0. The number of amides is 1. The molecule has 146 valence electrons. The van der Waals surface area contributed by atoms with Crippen LogP contribution < -0.4 is 4.90 Å². The fourth-order valence-corrected chi connectivity index (χ4v) is 3.46. The number of carbonyl (C=O) groups is 1. The highest BCUT2D eigenvalue weighted by molar-refractivity contribution is 5.96.